The third kappa shape index (κ3) is 3.01. The van der Waals surface area contributed by atoms with Crippen LogP contribution in [0, 0.1) is 0 Å². The van der Waals surface area contributed by atoms with Crippen LogP contribution in [-0.2, 0) is 12.8 Å². The summed E-state index contributed by atoms with van der Waals surface area (Å²) in [6.45, 7) is 1.32. The zero-order chi connectivity index (χ0) is 14.8. The molecule has 0 spiro atoms. The zero-order valence-electron chi connectivity index (χ0n) is 11.2. The second-order valence-electron chi connectivity index (χ2n) is 4.93. The molecular formula is C15H13Cl2N3O. The average molecular weight is 322 g/mol. The van der Waals surface area contributed by atoms with E-state index >= 15 is 0 Å². The fraction of sp³-hybridized carbons (Fsp3) is 0.267. The molecule has 108 valence electrons. The highest BCUT2D eigenvalue weighted by Gasteiger charge is 2.22. The van der Waals surface area contributed by atoms with Crippen LogP contribution in [0.25, 0.3) is 0 Å². The van der Waals surface area contributed by atoms with Crippen molar-refractivity contribution in [2.75, 3.05) is 13.1 Å². The predicted molar refractivity (Wildman–Crippen MR) is 81.8 cm³/mol. The normalized spacial score (nSPS) is 14.5. The number of hydrogen-bond donors (Lipinski definition) is 0. The lowest BCUT2D eigenvalue weighted by Crippen LogP contribution is -2.33. The summed E-state index contributed by atoms with van der Waals surface area (Å²) >= 11 is 11.8. The van der Waals surface area contributed by atoms with Crippen molar-refractivity contribution in [2.45, 2.75) is 12.8 Å². The number of fused-ring (bicyclic) bond motifs is 1. The van der Waals surface area contributed by atoms with E-state index in [-0.39, 0.29) is 16.2 Å². The molecule has 0 fully saturated rings. The van der Waals surface area contributed by atoms with E-state index in [2.05, 4.69) is 22.3 Å². The van der Waals surface area contributed by atoms with Crippen LogP contribution in [0.5, 0.6) is 0 Å². The summed E-state index contributed by atoms with van der Waals surface area (Å²) < 4.78 is 0. The SMILES string of the molecule is O=C(c1cc(Cl)nnc1Cl)N1CCc2ccccc2CC1. The molecule has 21 heavy (non-hydrogen) atoms. The minimum atomic E-state index is -0.149. The Morgan fingerprint density at radius 1 is 1.05 bits per heavy atom. The van der Waals surface area contributed by atoms with Gasteiger partial charge in [0.1, 0.15) is 0 Å². The molecule has 4 nitrogen and oxygen atoms in total. The molecule has 3 rings (SSSR count). The first-order valence-corrected chi connectivity index (χ1v) is 7.45. The third-order valence-corrected chi connectivity index (χ3v) is 4.12. The number of benzene rings is 1. The predicted octanol–water partition coefficient (Wildman–Crippen LogP) is 3.02. The van der Waals surface area contributed by atoms with Crippen molar-refractivity contribution in [3.8, 4) is 0 Å². The summed E-state index contributed by atoms with van der Waals surface area (Å²) in [5, 5.41) is 7.58. The van der Waals surface area contributed by atoms with Gasteiger partial charge in [-0.15, -0.1) is 10.2 Å². The first-order valence-electron chi connectivity index (χ1n) is 6.70. The number of hydrogen-bond acceptors (Lipinski definition) is 3. The van der Waals surface area contributed by atoms with Crippen LogP contribution in [0.1, 0.15) is 21.5 Å². The summed E-state index contributed by atoms with van der Waals surface area (Å²) in [6, 6.07) is 9.75. The molecule has 2 aromatic rings. The quantitative estimate of drug-likeness (QED) is 0.811. The average Bonchev–Trinajstić information content (AvgIpc) is 2.71. The highest BCUT2D eigenvalue weighted by atomic mass is 35.5. The van der Waals surface area contributed by atoms with Gasteiger partial charge in [0.2, 0.25) is 0 Å². The standard InChI is InChI=1S/C15H13Cl2N3O/c16-13-9-12(14(17)19-18-13)15(21)20-7-5-10-3-1-2-4-11(10)6-8-20/h1-4,9H,5-8H2. The molecule has 1 aliphatic heterocycles. The van der Waals surface area contributed by atoms with Gasteiger partial charge in [-0.1, -0.05) is 47.5 Å². The molecule has 0 N–H and O–H groups in total. The lowest BCUT2D eigenvalue weighted by molar-refractivity contribution is 0.0762. The summed E-state index contributed by atoms with van der Waals surface area (Å²) in [4.78, 5) is 14.4. The molecule has 0 bridgehead atoms. The first kappa shape index (κ1) is 14.3. The van der Waals surface area contributed by atoms with E-state index in [0.717, 1.165) is 12.8 Å². The minimum Gasteiger partial charge on any atom is -0.338 e. The smallest absolute Gasteiger partial charge is 0.257 e. The Balaban J connectivity index is 1.82. The first-order chi connectivity index (χ1) is 10.1. The van der Waals surface area contributed by atoms with E-state index < -0.39 is 0 Å². The van der Waals surface area contributed by atoms with Gasteiger partial charge in [0.15, 0.2) is 10.3 Å². The number of amides is 1. The van der Waals surface area contributed by atoms with E-state index in [4.69, 9.17) is 23.2 Å². The van der Waals surface area contributed by atoms with Gasteiger partial charge in [0.05, 0.1) is 5.56 Å². The number of nitrogens with zero attached hydrogens (tertiary/aromatic N) is 3. The van der Waals surface area contributed by atoms with Crippen molar-refractivity contribution >= 4 is 29.1 Å². The summed E-state index contributed by atoms with van der Waals surface area (Å²) in [7, 11) is 0. The summed E-state index contributed by atoms with van der Waals surface area (Å²) in [6.07, 6.45) is 1.68. The van der Waals surface area contributed by atoms with Gasteiger partial charge < -0.3 is 4.90 Å². The van der Waals surface area contributed by atoms with Gasteiger partial charge in [-0.2, -0.15) is 0 Å². The van der Waals surface area contributed by atoms with E-state index in [0.29, 0.717) is 18.7 Å². The second kappa shape index (κ2) is 6.00. The van der Waals surface area contributed by atoms with Crippen molar-refractivity contribution in [2.24, 2.45) is 0 Å². The molecule has 1 aromatic heterocycles. The molecule has 0 saturated heterocycles. The maximum Gasteiger partial charge on any atom is 0.257 e. The van der Waals surface area contributed by atoms with Gasteiger partial charge in [0.25, 0.3) is 5.91 Å². The fourth-order valence-electron chi connectivity index (χ4n) is 2.54. The van der Waals surface area contributed by atoms with Crippen molar-refractivity contribution < 1.29 is 4.79 Å². The highest BCUT2D eigenvalue weighted by Crippen LogP contribution is 2.21. The van der Waals surface area contributed by atoms with Crippen molar-refractivity contribution in [3.05, 3.63) is 57.3 Å². The van der Waals surface area contributed by atoms with Crippen LogP contribution in [0.4, 0.5) is 0 Å². The van der Waals surface area contributed by atoms with Gasteiger partial charge in [-0.25, -0.2) is 0 Å². The third-order valence-electron chi connectivity index (χ3n) is 3.66. The Hall–Kier alpha value is -1.65. The highest BCUT2D eigenvalue weighted by molar-refractivity contribution is 6.34. The number of carbonyl (C=O) groups excluding carboxylic acids is 1. The Bertz CT molecular complexity index is 663. The molecule has 1 amide bonds. The molecule has 1 aliphatic rings. The van der Waals surface area contributed by atoms with Crippen molar-refractivity contribution in [3.63, 3.8) is 0 Å². The monoisotopic (exact) mass is 321 g/mol. The lowest BCUT2D eigenvalue weighted by Gasteiger charge is -2.20. The largest absolute Gasteiger partial charge is 0.338 e. The molecule has 0 atom stereocenters. The minimum absolute atomic E-state index is 0.0890. The Kier molecular flexibility index (Phi) is 4.08. The van der Waals surface area contributed by atoms with E-state index in [1.54, 1.807) is 4.90 Å². The molecule has 0 radical (unpaired) electrons. The summed E-state index contributed by atoms with van der Waals surface area (Å²) in [5.41, 5.74) is 2.90. The Morgan fingerprint density at radius 2 is 1.67 bits per heavy atom. The van der Waals surface area contributed by atoms with E-state index in [1.807, 2.05) is 12.1 Å². The molecule has 0 saturated carbocycles. The Labute approximate surface area is 132 Å². The van der Waals surface area contributed by atoms with Crippen molar-refractivity contribution in [1.82, 2.24) is 15.1 Å². The molecule has 6 heteroatoms. The van der Waals surface area contributed by atoms with Gasteiger partial charge in [-0.3, -0.25) is 4.79 Å². The van der Waals surface area contributed by atoms with Gasteiger partial charge >= 0.3 is 0 Å². The van der Waals surface area contributed by atoms with Gasteiger partial charge in [-0.05, 0) is 30.0 Å². The second-order valence-corrected chi connectivity index (χ2v) is 5.68. The maximum atomic E-state index is 12.6. The molecule has 2 heterocycles. The molecule has 0 unspecified atom stereocenters. The lowest BCUT2D eigenvalue weighted by atomic mass is 10.0. The van der Waals surface area contributed by atoms with Crippen LogP contribution < -0.4 is 0 Å². The van der Waals surface area contributed by atoms with E-state index in [1.165, 1.54) is 17.2 Å². The van der Waals surface area contributed by atoms with Gasteiger partial charge in [0, 0.05) is 13.1 Å². The summed E-state index contributed by atoms with van der Waals surface area (Å²) in [5.74, 6) is -0.149. The van der Waals surface area contributed by atoms with Crippen LogP contribution in [-0.4, -0.2) is 34.1 Å². The van der Waals surface area contributed by atoms with E-state index in [9.17, 15) is 4.79 Å². The van der Waals surface area contributed by atoms with Crippen LogP contribution in [0.3, 0.4) is 0 Å². The maximum absolute atomic E-state index is 12.6. The number of aromatic nitrogens is 2. The zero-order valence-corrected chi connectivity index (χ0v) is 12.7. The number of carbonyl (C=O) groups is 1. The van der Waals surface area contributed by atoms with Crippen LogP contribution in [0.2, 0.25) is 10.3 Å². The molecule has 0 aliphatic carbocycles. The molecule has 1 aromatic carbocycles. The number of rotatable bonds is 1. The van der Waals surface area contributed by atoms with Crippen LogP contribution >= 0.6 is 23.2 Å². The van der Waals surface area contributed by atoms with Crippen molar-refractivity contribution in [1.29, 1.82) is 0 Å². The Morgan fingerprint density at radius 3 is 2.29 bits per heavy atom. The number of halogens is 2. The van der Waals surface area contributed by atoms with Crippen LogP contribution in [0.15, 0.2) is 30.3 Å². The topological polar surface area (TPSA) is 46.1 Å². The molecular weight excluding hydrogens is 309 g/mol. The fourth-order valence-corrected chi connectivity index (χ4v) is 2.86.